The molecular weight excluding hydrogens is 466 g/mol. The number of ether oxygens (including phenoxy) is 2. The number of esters is 2. The SMILES string of the molecule is CCOC(=O)CCC1(CCC(=O)OCC)C(=O)N(C(=O)C=Cc2ccc(O)c(O)c2)c2ccccc21. The lowest BCUT2D eigenvalue weighted by Gasteiger charge is -2.28. The van der Waals surface area contributed by atoms with Crippen LogP contribution in [0.1, 0.15) is 50.7 Å². The topological polar surface area (TPSA) is 130 Å². The highest BCUT2D eigenvalue weighted by atomic mass is 16.5. The summed E-state index contributed by atoms with van der Waals surface area (Å²) in [6.45, 7) is 3.76. The largest absolute Gasteiger partial charge is 0.504 e. The van der Waals surface area contributed by atoms with Crippen molar-refractivity contribution in [3.63, 3.8) is 0 Å². The number of carbonyl (C=O) groups excluding carboxylic acids is 4. The lowest BCUT2D eigenvalue weighted by molar-refractivity contribution is -0.143. The first-order valence-corrected chi connectivity index (χ1v) is 11.7. The van der Waals surface area contributed by atoms with Crippen molar-refractivity contribution in [3.8, 4) is 11.5 Å². The average molecular weight is 496 g/mol. The summed E-state index contributed by atoms with van der Waals surface area (Å²) < 4.78 is 10.1. The molecule has 0 unspecified atom stereocenters. The standard InChI is InChI=1S/C27H29NO8/c1-3-35-24(32)13-15-27(16-14-25(33)36-4-2)19-7-5-6-8-20(19)28(26(27)34)23(31)12-10-18-9-11-21(29)22(30)17-18/h5-12,17,29-30H,3-4,13-16H2,1-2H3. The second kappa shape index (κ2) is 11.5. The fourth-order valence-electron chi connectivity index (χ4n) is 4.32. The fourth-order valence-corrected chi connectivity index (χ4v) is 4.32. The molecule has 9 nitrogen and oxygen atoms in total. The number of hydrogen-bond donors (Lipinski definition) is 2. The number of carbonyl (C=O) groups is 4. The van der Waals surface area contributed by atoms with Crippen molar-refractivity contribution in [2.24, 2.45) is 0 Å². The molecule has 2 aromatic rings. The summed E-state index contributed by atoms with van der Waals surface area (Å²) in [5.41, 5.74) is 0.0664. The van der Waals surface area contributed by atoms with Gasteiger partial charge in [0.25, 0.3) is 5.91 Å². The lowest BCUT2D eigenvalue weighted by Crippen LogP contribution is -2.43. The van der Waals surface area contributed by atoms with Crippen molar-refractivity contribution in [1.82, 2.24) is 0 Å². The highest BCUT2D eigenvalue weighted by molar-refractivity contribution is 6.26. The zero-order chi connectivity index (χ0) is 26.3. The number of hydrogen-bond acceptors (Lipinski definition) is 8. The number of rotatable bonds is 10. The zero-order valence-electron chi connectivity index (χ0n) is 20.2. The Labute approximate surface area is 208 Å². The maximum Gasteiger partial charge on any atom is 0.305 e. The number of nitrogens with zero attached hydrogens (tertiary/aromatic N) is 1. The third-order valence-electron chi connectivity index (χ3n) is 6.03. The van der Waals surface area contributed by atoms with E-state index in [2.05, 4.69) is 0 Å². The number of anilines is 1. The minimum absolute atomic E-state index is 0.0560. The molecule has 2 aromatic carbocycles. The highest BCUT2D eigenvalue weighted by Crippen LogP contribution is 2.48. The lowest BCUT2D eigenvalue weighted by atomic mass is 9.74. The van der Waals surface area contributed by atoms with Crippen molar-refractivity contribution >= 4 is 35.5 Å². The summed E-state index contributed by atoms with van der Waals surface area (Å²) in [5.74, 6) is -2.76. The molecule has 0 atom stereocenters. The molecule has 0 spiro atoms. The van der Waals surface area contributed by atoms with Crippen LogP contribution in [0.3, 0.4) is 0 Å². The molecule has 0 aliphatic carbocycles. The third kappa shape index (κ3) is 5.56. The molecule has 9 heteroatoms. The van der Waals surface area contributed by atoms with Gasteiger partial charge in [-0.3, -0.25) is 19.2 Å². The maximum atomic E-state index is 13.9. The van der Waals surface area contributed by atoms with Crippen LogP contribution in [0.5, 0.6) is 11.5 Å². The highest BCUT2D eigenvalue weighted by Gasteiger charge is 2.52. The Morgan fingerprint density at radius 3 is 2.11 bits per heavy atom. The van der Waals surface area contributed by atoms with E-state index in [1.54, 1.807) is 38.1 Å². The number of amides is 2. The molecule has 36 heavy (non-hydrogen) atoms. The summed E-state index contributed by atoms with van der Waals surface area (Å²) in [7, 11) is 0. The van der Waals surface area contributed by atoms with Crippen LogP contribution in [0.15, 0.2) is 48.5 Å². The number of aromatic hydroxyl groups is 2. The summed E-state index contributed by atoms with van der Waals surface area (Å²) in [4.78, 5) is 52.5. The summed E-state index contributed by atoms with van der Waals surface area (Å²) in [6, 6.07) is 10.9. The first-order chi connectivity index (χ1) is 17.2. The molecular formula is C27H29NO8. The van der Waals surface area contributed by atoms with Crippen LogP contribution < -0.4 is 4.90 Å². The Kier molecular flexibility index (Phi) is 8.47. The number of imide groups is 1. The minimum atomic E-state index is -1.30. The monoisotopic (exact) mass is 495 g/mol. The molecule has 0 aromatic heterocycles. The van der Waals surface area contributed by atoms with Gasteiger partial charge in [0.2, 0.25) is 5.91 Å². The van der Waals surface area contributed by atoms with Gasteiger partial charge >= 0.3 is 11.9 Å². The molecule has 190 valence electrons. The second-order valence-electron chi connectivity index (χ2n) is 8.27. The Morgan fingerprint density at radius 2 is 1.53 bits per heavy atom. The normalized spacial score (nSPS) is 14.1. The Hall–Kier alpha value is -4.14. The summed E-state index contributed by atoms with van der Waals surface area (Å²) >= 11 is 0. The summed E-state index contributed by atoms with van der Waals surface area (Å²) in [6.07, 6.45) is 2.57. The van der Waals surface area contributed by atoms with E-state index in [1.165, 1.54) is 30.4 Å². The van der Waals surface area contributed by atoms with E-state index in [0.717, 1.165) is 4.90 Å². The van der Waals surface area contributed by atoms with Gasteiger partial charge in [-0.2, -0.15) is 0 Å². The van der Waals surface area contributed by atoms with Crippen LogP contribution in [0, 0.1) is 0 Å². The maximum absolute atomic E-state index is 13.9. The van der Waals surface area contributed by atoms with Crippen molar-refractivity contribution in [2.45, 2.75) is 44.9 Å². The van der Waals surface area contributed by atoms with Gasteiger partial charge in [0.15, 0.2) is 11.5 Å². The van der Waals surface area contributed by atoms with Crippen molar-refractivity contribution in [3.05, 3.63) is 59.7 Å². The van der Waals surface area contributed by atoms with E-state index in [-0.39, 0.29) is 50.4 Å². The predicted octanol–water partition coefficient (Wildman–Crippen LogP) is 3.61. The quantitative estimate of drug-likeness (QED) is 0.290. The number of fused-ring (bicyclic) bond motifs is 1. The first-order valence-electron chi connectivity index (χ1n) is 11.7. The molecule has 0 fully saturated rings. The van der Waals surface area contributed by atoms with Gasteiger partial charge < -0.3 is 19.7 Å². The van der Waals surface area contributed by atoms with Crippen LogP contribution in [0.2, 0.25) is 0 Å². The van der Waals surface area contributed by atoms with Crippen LogP contribution in [0.25, 0.3) is 6.08 Å². The number of phenols is 2. The molecule has 1 aliphatic rings. The van der Waals surface area contributed by atoms with E-state index >= 15 is 0 Å². The van der Waals surface area contributed by atoms with E-state index < -0.39 is 29.2 Å². The second-order valence-corrected chi connectivity index (χ2v) is 8.27. The van der Waals surface area contributed by atoms with E-state index in [9.17, 15) is 29.4 Å². The van der Waals surface area contributed by atoms with Crippen molar-refractivity contribution in [2.75, 3.05) is 18.1 Å². The molecule has 0 saturated carbocycles. The van der Waals surface area contributed by atoms with Gasteiger partial charge in [0.1, 0.15) is 0 Å². The molecule has 3 rings (SSSR count). The molecule has 2 N–H and O–H groups in total. The predicted molar refractivity (Wildman–Crippen MR) is 131 cm³/mol. The minimum Gasteiger partial charge on any atom is -0.504 e. The van der Waals surface area contributed by atoms with E-state index in [0.29, 0.717) is 16.8 Å². The summed E-state index contributed by atoms with van der Waals surface area (Å²) in [5, 5.41) is 19.2. The number of benzene rings is 2. The Morgan fingerprint density at radius 1 is 0.917 bits per heavy atom. The molecule has 0 bridgehead atoms. The van der Waals surface area contributed by atoms with Crippen LogP contribution >= 0.6 is 0 Å². The molecule has 0 radical (unpaired) electrons. The van der Waals surface area contributed by atoms with Gasteiger partial charge in [0.05, 0.1) is 24.3 Å². The third-order valence-corrected chi connectivity index (χ3v) is 6.03. The number of para-hydroxylation sites is 1. The Balaban J connectivity index is 1.96. The number of phenolic OH excluding ortho intramolecular Hbond substituents is 2. The van der Waals surface area contributed by atoms with E-state index in [4.69, 9.17) is 9.47 Å². The Bertz CT molecular complexity index is 1160. The molecule has 1 aliphatic heterocycles. The average Bonchev–Trinajstić information content (AvgIpc) is 3.10. The zero-order valence-corrected chi connectivity index (χ0v) is 20.2. The van der Waals surface area contributed by atoms with Gasteiger partial charge in [-0.15, -0.1) is 0 Å². The fraction of sp³-hybridized carbons (Fsp3) is 0.333. The van der Waals surface area contributed by atoms with Gasteiger partial charge in [-0.1, -0.05) is 24.3 Å². The molecule has 2 amide bonds. The first kappa shape index (κ1) is 26.5. The van der Waals surface area contributed by atoms with E-state index in [1.807, 2.05) is 0 Å². The molecule has 1 heterocycles. The van der Waals surface area contributed by atoms with Crippen LogP contribution in [0.4, 0.5) is 5.69 Å². The van der Waals surface area contributed by atoms with Crippen molar-refractivity contribution in [1.29, 1.82) is 0 Å². The van der Waals surface area contributed by atoms with Gasteiger partial charge in [-0.25, -0.2) is 4.90 Å². The van der Waals surface area contributed by atoms with Crippen molar-refractivity contribution < 1.29 is 38.9 Å². The van der Waals surface area contributed by atoms with Crippen LogP contribution in [-0.4, -0.2) is 47.2 Å². The van der Waals surface area contributed by atoms with Gasteiger partial charge in [0, 0.05) is 18.9 Å². The van der Waals surface area contributed by atoms with Gasteiger partial charge in [-0.05, 0) is 62.1 Å². The smallest absolute Gasteiger partial charge is 0.305 e. The molecule has 0 saturated heterocycles. The van der Waals surface area contributed by atoms with Crippen LogP contribution in [-0.2, 0) is 34.1 Å².